The van der Waals surface area contributed by atoms with Crippen LogP contribution in [0.2, 0.25) is 0 Å². The van der Waals surface area contributed by atoms with E-state index in [9.17, 15) is 13.2 Å². The van der Waals surface area contributed by atoms with E-state index in [1.807, 2.05) is 4.90 Å². The number of aryl methyl sites for hydroxylation is 2. The Morgan fingerprint density at radius 2 is 1.96 bits per heavy atom. The molecular formula is C18H22N2O3S3. The Labute approximate surface area is 162 Å². The number of sulfonamides is 1. The molecular weight excluding hydrogens is 388 g/mol. The van der Waals surface area contributed by atoms with Crippen molar-refractivity contribution >= 4 is 38.6 Å². The molecule has 1 amide bonds. The van der Waals surface area contributed by atoms with E-state index in [1.165, 1.54) is 34.6 Å². The molecule has 4 rings (SSSR count). The molecule has 1 fully saturated rings. The van der Waals surface area contributed by atoms with Gasteiger partial charge in [0.25, 0.3) is 5.91 Å². The van der Waals surface area contributed by atoms with Crippen LogP contribution in [0.3, 0.4) is 0 Å². The smallest absolute Gasteiger partial charge is 0.263 e. The van der Waals surface area contributed by atoms with Crippen molar-refractivity contribution in [2.45, 2.75) is 48.8 Å². The predicted molar refractivity (Wildman–Crippen MR) is 105 cm³/mol. The van der Waals surface area contributed by atoms with Gasteiger partial charge in [-0.05, 0) is 61.6 Å². The van der Waals surface area contributed by atoms with Gasteiger partial charge in [0.2, 0.25) is 10.0 Å². The lowest BCUT2D eigenvalue weighted by Crippen LogP contribution is -2.46. The molecule has 0 radical (unpaired) electrons. The number of thiophene rings is 2. The zero-order valence-corrected chi connectivity index (χ0v) is 16.9. The summed E-state index contributed by atoms with van der Waals surface area (Å²) in [6.07, 6.45) is 5.93. The first-order valence-corrected chi connectivity index (χ1v) is 12.2. The average Bonchev–Trinajstić information content (AvgIpc) is 3.31. The van der Waals surface area contributed by atoms with Crippen molar-refractivity contribution in [1.82, 2.24) is 9.62 Å². The van der Waals surface area contributed by atoms with Gasteiger partial charge in [0.1, 0.15) is 4.21 Å². The molecule has 2 aromatic rings. The van der Waals surface area contributed by atoms with E-state index in [0.29, 0.717) is 30.1 Å². The van der Waals surface area contributed by atoms with Crippen molar-refractivity contribution in [3.8, 4) is 0 Å². The second-order valence-corrected chi connectivity index (χ2v) is 10.9. The minimum absolute atomic E-state index is 0.101. The minimum Gasteiger partial charge on any atom is -0.338 e. The van der Waals surface area contributed by atoms with Crippen LogP contribution in [0, 0.1) is 0 Å². The van der Waals surface area contributed by atoms with Gasteiger partial charge in [-0.1, -0.05) is 6.07 Å². The number of amides is 1. The molecule has 1 aliphatic heterocycles. The molecule has 0 spiro atoms. The fraction of sp³-hybridized carbons (Fsp3) is 0.500. The highest BCUT2D eigenvalue weighted by molar-refractivity contribution is 7.91. The highest BCUT2D eigenvalue weighted by atomic mass is 32.2. The van der Waals surface area contributed by atoms with Crippen LogP contribution >= 0.6 is 22.7 Å². The third-order valence-corrected chi connectivity index (χ3v) is 9.21. The average molecular weight is 411 g/mol. The van der Waals surface area contributed by atoms with Gasteiger partial charge in [-0.2, -0.15) is 0 Å². The number of fused-ring (bicyclic) bond motifs is 1. The van der Waals surface area contributed by atoms with Crippen LogP contribution < -0.4 is 4.72 Å². The summed E-state index contributed by atoms with van der Waals surface area (Å²) in [5.74, 6) is 0.101. The fourth-order valence-electron chi connectivity index (χ4n) is 3.65. The van der Waals surface area contributed by atoms with Crippen molar-refractivity contribution in [1.29, 1.82) is 0 Å². The van der Waals surface area contributed by atoms with Crippen LogP contribution in [0.15, 0.2) is 27.8 Å². The number of piperidine rings is 1. The zero-order chi connectivity index (χ0) is 18.1. The van der Waals surface area contributed by atoms with Crippen LogP contribution in [0.4, 0.5) is 0 Å². The van der Waals surface area contributed by atoms with Crippen LogP contribution in [-0.4, -0.2) is 38.4 Å². The minimum atomic E-state index is -3.44. The zero-order valence-electron chi connectivity index (χ0n) is 14.4. The second kappa shape index (κ2) is 7.42. The second-order valence-electron chi connectivity index (χ2n) is 6.89. The first-order chi connectivity index (χ1) is 12.5. The SMILES string of the molecule is O=C(c1cc2c(s1)CCCC2)N1CCC(NS(=O)(=O)c2cccs2)CC1. The van der Waals surface area contributed by atoms with Crippen LogP contribution in [-0.2, 0) is 22.9 Å². The molecule has 0 unspecified atom stereocenters. The van der Waals surface area contributed by atoms with Gasteiger partial charge in [0, 0.05) is 24.0 Å². The van der Waals surface area contributed by atoms with Gasteiger partial charge in [0.15, 0.2) is 0 Å². The van der Waals surface area contributed by atoms with Crippen molar-refractivity contribution in [2.24, 2.45) is 0 Å². The normalized spacial score (nSPS) is 18.7. The molecule has 0 bridgehead atoms. The molecule has 0 atom stereocenters. The van der Waals surface area contributed by atoms with Crippen LogP contribution in [0.25, 0.3) is 0 Å². The van der Waals surface area contributed by atoms with E-state index in [4.69, 9.17) is 0 Å². The number of carbonyl (C=O) groups excluding carboxylic acids is 1. The highest BCUT2D eigenvalue weighted by Crippen LogP contribution is 2.31. The number of nitrogens with one attached hydrogen (secondary N) is 1. The highest BCUT2D eigenvalue weighted by Gasteiger charge is 2.28. The molecule has 26 heavy (non-hydrogen) atoms. The summed E-state index contributed by atoms with van der Waals surface area (Å²) in [4.78, 5) is 16.9. The molecule has 3 heterocycles. The van der Waals surface area contributed by atoms with E-state index in [2.05, 4.69) is 10.8 Å². The number of carbonyl (C=O) groups is 1. The third kappa shape index (κ3) is 3.74. The summed E-state index contributed by atoms with van der Waals surface area (Å²) < 4.78 is 27.8. The molecule has 5 nitrogen and oxygen atoms in total. The Hall–Kier alpha value is -1.22. The topological polar surface area (TPSA) is 66.5 Å². The Balaban J connectivity index is 1.36. The third-order valence-electron chi connectivity index (χ3n) is 5.07. The first-order valence-electron chi connectivity index (χ1n) is 8.99. The molecule has 1 saturated heterocycles. The van der Waals surface area contributed by atoms with Crippen LogP contribution in [0.5, 0.6) is 0 Å². The summed E-state index contributed by atoms with van der Waals surface area (Å²) in [7, 11) is -3.44. The lowest BCUT2D eigenvalue weighted by Gasteiger charge is -2.31. The monoisotopic (exact) mass is 410 g/mol. The maximum atomic E-state index is 12.8. The summed E-state index contributed by atoms with van der Waals surface area (Å²) >= 11 is 2.87. The molecule has 0 aromatic carbocycles. The number of likely N-dealkylation sites (tertiary alicyclic amines) is 1. The van der Waals surface area contributed by atoms with Gasteiger partial charge in [0.05, 0.1) is 4.88 Å². The molecule has 2 aliphatic rings. The fourth-order valence-corrected chi connectivity index (χ4v) is 7.18. The van der Waals surface area contributed by atoms with Gasteiger partial charge in [-0.15, -0.1) is 22.7 Å². The number of nitrogens with zero attached hydrogens (tertiary/aromatic N) is 1. The maximum Gasteiger partial charge on any atom is 0.263 e. The molecule has 8 heteroatoms. The van der Waals surface area contributed by atoms with Gasteiger partial charge in [-0.25, -0.2) is 13.1 Å². The lowest BCUT2D eigenvalue weighted by molar-refractivity contribution is 0.0716. The molecule has 140 valence electrons. The standard InChI is InChI=1S/C18H22N2O3S3/c21-18(16-12-13-4-1-2-5-15(13)25-16)20-9-7-14(8-10-20)19-26(22,23)17-6-3-11-24-17/h3,6,11-12,14,19H,1-2,4-5,7-10H2. The Bertz CT molecular complexity index is 855. The van der Waals surface area contributed by atoms with Gasteiger partial charge < -0.3 is 4.90 Å². The molecule has 0 saturated carbocycles. The molecule has 1 N–H and O–H groups in total. The summed E-state index contributed by atoms with van der Waals surface area (Å²) in [5.41, 5.74) is 1.35. The summed E-state index contributed by atoms with van der Waals surface area (Å²) in [5, 5.41) is 1.76. The lowest BCUT2D eigenvalue weighted by atomic mass is 9.99. The Morgan fingerprint density at radius 3 is 2.65 bits per heavy atom. The number of hydrogen-bond donors (Lipinski definition) is 1. The van der Waals surface area contributed by atoms with E-state index in [0.717, 1.165) is 17.7 Å². The molecule has 2 aromatic heterocycles. The van der Waals surface area contributed by atoms with Crippen molar-refractivity contribution in [3.05, 3.63) is 38.9 Å². The van der Waals surface area contributed by atoms with E-state index < -0.39 is 10.0 Å². The number of rotatable bonds is 4. The van der Waals surface area contributed by atoms with E-state index >= 15 is 0 Å². The largest absolute Gasteiger partial charge is 0.338 e. The summed E-state index contributed by atoms with van der Waals surface area (Å²) in [6.45, 7) is 1.19. The Kier molecular flexibility index (Phi) is 5.18. The van der Waals surface area contributed by atoms with E-state index in [1.54, 1.807) is 28.8 Å². The number of hydrogen-bond acceptors (Lipinski definition) is 5. The van der Waals surface area contributed by atoms with Gasteiger partial charge >= 0.3 is 0 Å². The Morgan fingerprint density at radius 1 is 1.19 bits per heavy atom. The predicted octanol–water partition coefficient (Wildman–Crippen LogP) is 3.27. The van der Waals surface area contributed by atoms with Crippen molar-refractivity contribution < 1.29 is 13.2 Å². The van der Waals surface area contributed by atoms with E-state index in [-0.39, 0.29) is 11.9 Å². The molecule has 1 aliphatic carbocycles. The first kappa shape index (κ1) is 18.2. The van der Waals surface area contributed by atoms with Crippen molar-refractivity contribution in [2.75, 3.05) is 13.1 Å². The quantitative estimate of drug-likeness (QED) is 0.841. The summed E-state index contributed by atoms with van der Waals surface area (Å²) in [6, 6.07) is 5.32. The van der Waals surface area contributed by atoms with Gasteiger partial charge in [-0.3, -0.25) is 4.79 Å². The van der Waals surface area contributed by atoms with Crippen LogP contribution in [0.1, 0.15) is 45.8 Å². The maximum absolute atomic E-state index is 12.8. The van der Waals surface area contributed by atoms with Crippen molar-refractivity contribution in [3.63, 3.8) is 0 Å².